The minimum absolute atomic E-state index is 0.00170. The summed E-state index contributed by atoms with van der Waals surface area (Å²) < 4.78 is 33.8. The van der Waals surface area contributed by atoms with E-state index in [0.717, 1.165) is 22.2 Å². The van der Waals surface area contributed by atoms with E-state index in [0.29, 0.717) is 38.6 Å². The number of anilines is 2. The topological polar surface area (TPSA) is 140 Å². The van der Waals surface area contributed by atoms with Crippen molar-refractivity contribution in [2.75, 3.05) is 29.6 Å². The number of nitrogens with zero attached hydrogens (tertiary/aromatic N) is 1. The SMILES string of the molecule is CS(=O)(=O)Nc1cccc2c(O)c(SNCCO)cc(N[NH2+]c3snc4ccc(Cl)cc34)c12. The fourth-order valence-electron chi connectivity index (χ4n) is 3.28. The third-order valence-electron chi connectivity index (χ3n) is 4.61. The molecule has 0 atom stereocenters. The molecule has 0 bridgehead atoms. The first kappa shape index (κ1) is 23.8. The van der Waals surface area contributed by atoms with Gasteiger partial charge in [-0.1, -0.05) is 23.7 Å². The Balaban J connectivity index is 1.79. The van der Waals surface area contributed by atoms with Gasteiger partial charge in [-0.25, -0.2) is 19.3 Å². The first-order valence-electron chi connectivity index (χ1n) is 9.68. The van der Waals surface area contributed by atoms with Crippen molar-refractivity contribution in [1.29, 1.82) is 0 Å². The van der Waals surface area contributed by atoms with Crippen LogP contribution in [0.2, 0.25) is 5.02 Å². The van der Waals surface area contributed by atoms with Crippen LogP contribution < -0.4 is 20.3 Å². The molecule has 13 heteroatoms. The molecular weight excluding hydrogens is 506 g/mol. The fourth-order valence-corrected chi connectivity index (χ4v) is 5.48. The van der Waals surface area contributed by atoms with E-state index in [4.69, 9.17) is 16.7 Å². The molecule has 0 saturated heterocycles. The molecule has 0 spiro atoms. The number of aliphatic hydroxyl groups excluding tert-OH is 1. The van der Waals surface area contributed by atoms with Crippen molar-refractivity contribution in [3.63, 3.8) is 0 Å². The largest absolute Gasteiger partial charge is 0.506 e. The number of nitrogens with one attached hydrogen (secondary N) is 3. The van der Waals surface area contributed by atoms with Crippen molar-refractivity contribution in [1.82, 2.24) is 9.10 Å². The predicted molar refractivity (Wildman–Crippen MR) is 135 cm³/mol. The lowest BCUT2D eigenvalue weighted by Crippen LogP contribution is -2.82. The zero-order valence-electron chi connectivity index (χ0n) is 17.3. The molecule has 0 radical (unpaired) electrons. The maximum absolute atomic E-state index is 11.9. The van der Waals surface area contributed by atoms with E-state index >= 15 is 0 Å². The second-order valence-corrected chi connectivity index (χ2v) is 11.0. The number of sulfonamides is 1. The molecule has 1 aromatic heterocycles. The smallest absolute Gasteiger partial charge is 0.236 e. The first-order valence-corrected chi connectivity index (χ1v) is 13.5. The Hall–Kier alpha value is -2.32. The number of rotatable bonds is 9. The predicted octanol–water partition coefficient (Wildman–Crippen LogP) is 2.99. The summed E-state index contributed by atoms with van der Waals surface area (Å²) in [5.74, 6) is -0.00170. The third kappa shape index (κ3) is 5.44. The van der Waals surface area contributed by atoms with Gasteiger partial charge in [0.25, 0.3) is 0 Å². The maximum Gasteiger partial charge on any atom is 0.236 e. The summed E-state index contributed by atoms with van der Waals surface area (Å²) in [4.78, 5) is 0.514. The van der Waals surface area contributed by atoms with Gasteiger partial charge in [0.05, 0.1) is 40.0 Å². The Morgan fingerprint density at radius 3 is 2.76 bits per heavy atom. The summed E-state index contributed by atoms with van der Waals surface area (Å²) in [7, 11) is -3.56. The second kappa shape index (κ2) is 9.89. The highest BCUT2D eigenvalue weighted by Crippen LogP contribution is 2.42. The van der Waals surface area contributed by atoms with Crippen LogP contribution in [0, 0.1) is 0 Å². The monoisotopic (exact) mass is 526 g/mol. The Labute approximate surface area is 203 Å². The number of benzene rings is 3. The Morgan fingerprint density at radius 2 is 2.00 bits per heavy atom. The molecular formula is C20H21ClN5O4S3+. The molecule has 0 amide bonds. The van der Waals surface area contributed by atoms with Crippen molar-refractivity contribution in [3.8, 4) is 5.75 Å². The lowest BCUT2D eigenvalue weighted by Gasteiger charge is -2.16. The van der Waals surface area contributed by atoms with Crippen LogP contribution in [0.1, 0.15) is 0 Å². The van der Waals surface area contributed by atoms with E-state index < -0.39 is 10.0 Å². The molecule has 7 N–H and O–H groups in total. The number of phenolic OH excluding ortho intramolecular Hbond substituents is 1. The molecule has 9 nitrogen and oxygen atoms in total. The number of quaternary nitrogens is 1. The Morgan fingerprint density at radius 1 is 1.18 bits per heavy atom. The summed E-state index contributed by atoms with van der Waals surface area (Å²) in [5, 5.41) is 23.2. The van der Waals surface area contributed by atoms with Gasteiger partial charge in [0, 0.05) is 33.9 Å². The number of phenols is 1. The molecule has 0 aliphatic heterocycles. The van der Waals surface area contributed by atoms with E-state index in [1.807, 2.05) is 12.1 Å². The van der Waals surface area contributed by atoms with Crippen LogP contribution in [0.15, 0.2) is 47.4 Å². The minimum atomic E-state index is -3.56. The van der Waals surface area contributed by atoms with E-state index in [1.54, 1.807) is 35.8 Å². The van der Waals surface area contributed by atoms with Gasteiger partial charge >= 0.3 is 0 Å². The Kier molecular flexibility index (Phi) is 7.14. The molecule has 0 unspecified atom stereocenters. The van der Waals surface area contributed by atoms with Crippen molar-refractivity contribution in [3.05, 3.63) is 47.5 Å². The van der Waals surface area contributed by atoms with E-state index in [2.05, 4.69) is 19.2 Å². The molecule has 0 fully saturated rings. The molecule has 0 aliphatic carbocycles. The van der Waals surface area contributed by atoms with Crippen LogP contribution in [0.4, 0.5) is 16.4 Å². The fraction of sp³-hybridized carbons (Fsp3) is 0.150. The number of nitrogen functional groups attached to an aromatic ring is 1. The highest BCUT2D eigenvalue weighted by atomic mass is 35.5. The van der Waals surface area contributed by atoms with Gasteiger partial charge in [-0.3, -0.25) is 9.44 Å². The van der Waals surface area contributed by atoms with Gasteiger partial charge in [0.15, 0.2) is 0 Å². The number of aliphatic hydroxyl groups is 1. The van der Waals surface area contributed by atoms with E-state index in [9.17, 15) is 13.5 Å². The van der Waals surface area contributed by atoms with Crippen molar-refractivity contribution >= 4 is 83.2 Å². The molecule has 3 aromatic carbocycles. The van der Waals surface area contributed by atoms with Gasteiger partial charge in [-0.05, 0) is 42.3 Å². The van der Waals surface area contributed by atoms with E-state index in [1.165, 1.54) is 23.5 Å². The van der Waals surface area contributed by atoms with Gasteiger partial charge < -0.3 is 10.2 Å². The normalized spacial score (nSPS) is 11.8. The second-order valence-electron chi connectivity index (χ2n) is 7.09. The molecule has 33 heavy (non-hydrogen) atoms. The molecule has 0 saturated carbocycles. The van der Waals surface area contributed by atoms with Crippen LogP contribution >= 0.6 is 35.1 Å². The molecule has 4 rings (SSSR count). The van der Waals surface area contributed by atoms with Crippen LogP contribution in [-0.2, 0) is 10.0 Å². The standard InChI is InChI=1S/C20H20ClN5O4S3/c1-33(29,30)26-15-4-2-3-12-18(15)16(10-17(19(12)28)31-22-7-8-27)23-24-20-13-9-11(21)5-6-14(13)25-32-20/h2-6,9-10,22-24,26-28H,7-8H2,1H3/p+1. The summed E-state index contributed by atoms with van der Waals surface area (Å²) in [5.41, 5.74) is 6.75. The molecule has 4 aromatic rings. The molecule has 0 aliphatic rings. The number of aromatic nitrogens is 1. The van der Waals surface area contributed by atoms with Crippen LogP contribution in [0.3, 0.4) is 0 Å². The number of nitrogens with two attached hydrogens (primary N) is 1. The Bertz CT molecular complexity index is 1430. The minimum Gasteiger partial charge on any atom is -0.506 e. The van der Waals surface area contributed by atoms with Crippen molar-refractivity contribution < 1.29 is 24.1 Å². The highest BCUT2D eigenvalue weighted by Gasteiger charge is 2.19. The third-order valence-corrected chi connectivity index (χ3v) is 7.14. The first-order chi connectivity index (χ1) is 15.8. The number of aromatic hydroxyl groups is 1. The summed E-state index contributed by atoms with van der Waals surface area (Å²) in [6.07, 6.45) is 1.07. The lowest BCUT2D eigenvalue weighted by molar-refractivity contribution is -0.532. The number of fused-ring (bicyclic) bond motifs is 2. The zero-order valence-corrected chi connectivity index (χ0v) is 20.5. The summed E-state index contributed by atoms with van der Waals surface area (Å²) in [6.45, 7) is 0.282. The number of hydrogen-bond donors (Lipinski definition) is 6. The average molecular weight is 527 g/mol. The van der Waals surface area contributed by atoms with Crippen molar-refractivity contribution in [2.24, 2.45) is 0 Å². The lowest BCUT2D eigenvalue weighted by atomic mass is 10.1. The maximum atomic E-state index is 11.9. The van der Waals surface area contributed by atoms with E-state index in [-0.39, 0.29) is 12.4 Å². The van der Waals surface area contributed by atoms with Gasteiger partial charge in [0.2, 0.25) is 15.0 Å². The summed E-state index contributed by atoms with van der Waals surface area (Å²) >= 11 is 8.62. The molecule has 1 heterocycles. The number of halogens is 1. The van der Waals surface area contributed by atoms with Gasteiger partial charge in [0.1, 0.15) is 5.75 Å². The quantitative estimate of drug-likeness (QED) is 0.0643. The van der Waals surface area contributed by atoms with Gasteiger partial charge in [-0.15, -0.1) is 0 Å². The zero-order chi connectivity index (χ0) is 23.6. The average Bonchev–Trinajstić information content (AvgIpc) is 3.15. The summed E-state index contributed by atoms with van der Waals surface area (Å²) in [6, 6.07) is 12.2. The van der Waals surface area contributed by atoms with Crippen molar-refractivity contribution in [2.45, 2.75) is 4.90 Å². The van der Waals surface area contributed by atoms with Crippen LogP contribution in [-0.4, -0.2) is 42.4 Å². The molecule has 174 valence electrons. The number of hydrogen-bond acceptors (Lipinski definition) is 9. The van der Waals surface area contributed by atoms with Crippen LogP contribution in [0.5, 0.6) is 5.75 Å². The highest BCUT2D eigenvalue weighted by molar-refractivity contribution is 7.97. The van der Waals surface area contributed by atoms with Crippen LogP contribution in [0.25, 0.3) is 21.7 Å². The van der Waals surface area contributed by atoms with Gasteiger partial charge in [-0.2, -0.15) is 4.37 Å².